The molecular formula is C29H32FN3O2. The predicted octanol–water partition coefficient (Wildman–Crippen LogP) is 5.71. The van der Waals surface area contributed by atoms with Gasteiger partial charge in [-0.1, -0.05) is 13.0 Å². The van der Waals surface area contributed by atoms with Crippen LogP contribution < -0.4 is 15.8 Å². The summed E-state index contributed by atoms with van der Waals surface area (Å²) < 4.78 is 20.8. The summed E-state index contributed by atoms with van der Waals surface area (Å²) in [4.78, 5) is 17.4. The molecule has 1 aromatic carbocycles. The van der Waals surface area contributed by atoms with E-state index in [1.807, 2.05) is 41.6 Å². The number of rotatable bonds is 3. The zero-order chi connectivity index (χ0) is 24.3. The molecule has 1 aliphatic carbocycles. The summed E-state index contributed by atoms with van der Waals surface area (Å²) in [6.45, 7) is 8.27. The lowest BCUT2D eigenvalue weighted by Crippen LogP contribution is -2.54. The van der Waals surface area contributed by atoms with Crippen molar-refractivity contribution in [1.82, 2.24) is 10.2 Å². The normalized spacial score (nSPS) is 27.0. The van der Waals surface area contributed by atoms with Crippen molar-refractivity contribution in [1.29, 1.82) is 0 Å². The van der Waals surface area contributed by atoms with E-state index in [9.17, 15) is 9.18 Å². The van der Waals surface area contributed by atoms with E-state index in [0.29, 0.717) is 41.3 Å². The highest BCUT2D eigenvalue weighted by Gasteiger charge is 2.31. The van der Waals surface area contributed by atoms with Gasteiger partial charge in [-0.3, -0.25) is 0 Å². The van der Waals surface area contributed by atoms with Gasteiger partial charge in [0, 0.05) is 54.7 Å². The van der Waals surface area contributed by atoms with Crippen LogP contribution in [0.25, 0.3) is 16.5 Å². The van der Waals surface area contributed by atoms with Crippen LogP contribution in [0.5, 0.6) is 0 Å². The molecule has 182 valence electrons. The third kappa shape index (κ3) is 4.25. The molecule has 4 aliphatic rings. The van der Waals surface area contributed by atoms with Crippen LogP contribution in [0.2, 0.25) is 0 Å². The van der Waals surface area contributed by atoms with Gasteiger partial charge in [-0.2, -0.15) is 0 Å². The molecule has 0 bridgehead atoms. The minimum atomic E-state index is -0.349. The highest BCUT2D eigenvalue weighted by molar-refractivity contribution is 5.84. The van der Waals surface area contributed by atoms with E-state index in [0.717, 1.165) is 48.2 Å². The number of piperazine rings is 1. The van der Waals surface area contributed by atoms with E-state index in [1.54, 1.807) is 6.08 Å². The van der Waals surface area contributed by atoms with Crippen LogP contribution in [0.15, 0.2) is 75.1 Å². The second-order valence-corrected chi connectivity index (χ2v) is 10.7. The second kappa shape index (κ2) is 8.52. The maximum atomic E-state index is 14.9. The van der Waals surface area contributed by atoms with Crippen LogP contribution in [0.4, 0.5) is 10.1 Å². The Kier molecular flexibility index (Phi) is 5.44. The molecule has 0 radical (unpaired) electrons. The van der Waals surface area contributed by atoms with Gasteiger partial charge in [-0.05, 0) is 80.4 Å². The zero-order valence-electron chi connectivity index (χ0n) is 20.6. The van der Waals surface area contributed by atoms with Crippen LogP contribution in [0, 0.1) is 11.8 Å². The lowest BCUT2D eigenvalue weighted by atomic mass is 9.93. The summed E-state index contributed by atoms with van der Waals surface area (Å²) in [6.07, 6.45) is 10.4. The molecule has 6 rings (SSSR count). The molecule has 3 aliphatic heterocycles. The highest BCUT2D eigenvalue weighted by Crippen LogP contribution is 2.43. The van der Waals surface area contributed by atoms with E-state index in [2.05, 4.69) is 37.1 Å². The van der Waals surface area contributed by atoms with Crippen molar-refractivity contribution in [3.05, 3.63) is 81.9 Å². The fraction of sp³-hybridized carbons (Fsp3) is 0.414. The Hall–Kier alpha value is -3.12. The number of benzene rings is 1. The number of allylic oxidation sites excluding steroid dienone is 5. The van der Waals surface area contributed by atoms with Gasteiger partial charge in [0.2, 0.25) is 0 Å². The molecule has 2 fully saturated rings. The molecule has 1 aromatic heterocycles. The molecule has 4 heterocycles. The first-order chi connectivity index (χ1) is 16.9. The number of nitrogens with zero attached hydrogens (tertiary/aromatic N) is 2. The van der Waals surface area contributed by atoms with Crippen molar-refractivity contribution < 1.29 is 8.81 Å². The molecule has 6 heteroatoms. The Morgan fingerprint density at radius 2 is 1.83 bits per heavy atom. The number of anilines is 1. The van der Waals surface area contributed by atoms with Gasteiger partial charge >= 0.3 is 5.63 Å². The van der Waals surface area contributed by atoms with Crippen molar-refractivity contribution in [2.24, 2.45) is 11.8 Å². The standard InChI is InChI=1S/C29H32FN3O2/c1-17-4-9-27-26(30)11-22(20-5-6-20)15-33(27)16-25(17)24-10-21-7-8-23(12-28(21)35-29(24)34)32-13-18(2)31-19(3)14-32/h7-12,15-20,31H,4-6,13-14H2,1-3H3/t17?,18-,19+. The summed E-state index contributed by atoms with van der Waals surface area (Å²) >= 11 is 0. The molecule has 1 unspecified atom stereocenters. The molecule has 1 N–H and O–H groups in total. The molecule has 0 spiro atoms. The summed E-state index contributed by atoms with van der Waals surface area (Å²) in [5, 5.41) is 4.45. The molecule has 1 saturated carbocycles. The maximum absolute atomic E-state index is 14.9. The van der Waals surface area contributed by atoms with Crippen molar-refractivity contribution in [2.45, 2.75) is 52.1 Å². The van der Waals surface area contributed by atoms with Crippen molar-refractivity contribution in [3.8, 4) is 0 Å². The van der Waals surface area contributed by atoms with Crippen molar-refractivity contribution in [3.63, 3.8) is 0 Å². The first kappa shape index (κ1) is 22.4. The first-order valence-electron chi connectivity index (χ1n) is 12.7. The van der Waals surface area contributed by atoms with E-state index < -0.39 is 0 Å². The molecular weight excluding hydrogens is 441 g/mol. The Morgan fingerprint density at radius 3 is 2.57 bits per heavy atom. The fourth-order valence-electron chi connectivity index (χ4n) is 5.62. The minimum Gasteiger partial charge on any atom is -0.422 e. The molecule has 0 amide bonds. The number of hydrogen-bond acceptors (Lipinski definition) is 5. The number of halogens is 1. The molecule has 1 saturated heterocycles. The first-order valence-corrected chi connectivity index (χ1v) is 12.7. The molecule has 5 nitrogen and oxygen atoms in total. The minimum absolute atomic E-state index is 0.0575. The van der Waals surface area contributed by atoms with Crippen LogP contribution in [-0.2, 0) is 0 Å². The Labute approximate surface area is 205 Å². The lowest BCUT2D eigenvalue weighted by Gasteiger charge is -2.37. The van der Waals surface area contributed by atoms with Crippen molar-refractivity contribution >= 4 is 22.2 Å². The average Bonchev–Trinajstić information content (AvgIpc) is 3.66. The van der Waals surface area contributed by atoms with Crippen molar-refractivity contribution in [2.75, 3.05) is 18.0 Å². The van der Waals surface area contributed by atoms with Gasteiger partial charge in [-0.25, -0.2) is 9.18 Å². The predicted molar refractivity (Wildman–Crippen MR) is 138 cm³/mol. The smallest absolute Gasteiger partial charge is 0.343 e. The van der Waals surface area contributed by atoms with Crippen LogP contribution in [0.3, 0.4) is 0 Å². The van der Waals surface area contributed by atoms with Gasteiger partial charge in [0.05, 0.1) is 11.3 Å². The van der Waals surface area contributed by atoms with E-state index in [4.69, 9.17) is 4.42 Å². The van der Waals surface area contributed by atoms with Gasteiger partial charge < -0.3 is 19.5 Å². The zero-order valence-corrected chi connectivity index (χ0v) is 20.6. The van der Waals surface area contributed by atoms with Crippen LogP contribution >= 0.6 is 0 Å². The van der Waals surface area contributed by atoms with E-state index >= 15 is 0 Å². The summed E-state index contributed by atoms with van der Waals surface area (Å²) in [5.74, 6) is 0.303. The van der Waals surface area contributed by atoms with Crippen LogP contribution in [-0.4, -0.2) is 30.1 Å². The third-order valence-electron chi connectivity index (χ3n) is 7.58. The number of hydrogen-bond donors (Lipinski definition) is 1. The van der Waals surface area contributed by atoms with E-state index in [1.165, 1.54) is 0 Å². The molecule has 2 aromatic rings. The largest absolute Gasteiger partial charge is 0.422 e. The number of nitrogens with one attached hydrogen (secondary N) is 1. The van der Waals surface area contributed by atoms with Gasteiger partial charge in [0.25, 0.3) is 0 Å². The summed E-state index contributed by atoms with van der Waals surface area (Å²) in [6, 6.07) is 8.85. The second-order valence-electron chi connectivity index (χ2n) is 10.7. The monoisotopic (exact) mass is 473 g/mol. The molecule has 3 atom stereocenters. The Morgan fingerprint density at radius 1 is 1.06 bits per heavy atom. The summed E-state index contributed by atoms with van der Waals surface area (Å²) in [7, 11) is 0. The average molecular weight is 474 g/mol. The highest BCUT2D eigenvalue weighted by atomic mass is 19.1. The fourth-order valence-corrected chi connectivity index (χ4v) is 5.62. The topological polar surface area (TPSA) is 48.7 Å². The van der Waals surface area contributed by atoms with Gasteiger partial charge in [-0.15, -0.1) is 0 Å². The van der Waals surface area contributed by atoms with E-state index in [-0.39, 0.29) is 17.4 Å². The molecule has 35 heavy (non-hydrogen) atoms. The van der Waals surface area contributed by atoms with Gasteiger partial charge in [0.15, 0.2) is 0 Å². The summed E-state index contributed by atoms with van der Waals surface area (Å²) in [5.41, 5.74) is 4.33. The lowest BCUT2D eigenvalue weighted by molar-refractivity contribution is 0.407. The Balaban J connectivity index is 1.37. The Bertz CT molecular complexity index is 1350. The third-order valence-corrected chi connectivity index (χ3v) is 7.58. The quantitative estimate of drug-likeness (QED) is 0.579. The van der Waals surface area contributed by atoms with Gasteiger partial charge in [0.1, 0.15) is 11.4 Å². The number of fused-ring (bicyclic) bond motifs is 2. The SMILES string of the molecule is CC1CC=C2C(F)=CC(C3CC3)=CN2C=C1c1cc2ccc(N3C[C@@H](C)N[C@@H](C)C3)cc2oc1=O. The maximum Gasteiger partial charge on any atom is 0.343 e. The van der Waals surface area contributed by atoms with Crippen LogP contribution in [0.1, 0.15) is 45.6 Å².